The third-order valence-corrected chi connectivity index (χ3v) is 2.25. The highest BCUT2D eigenvalue weighted by molar-refractivity contribution is 5.75. The zero-order chi connectivity index (χ0) is 11.1. The van der Waals surface area contributed by atoms with Crippen LogP contribution < -0.4 is 5.76 Å². The van der Waals surface area contributed by atoms with Gasteiger partial charge >= 0.3 is 5.76 Å². The molecule has 0 saturated carbocycles. The zero-order valence-corrected chi connectivity index (χ0v) is 9.26. The Morgan fingerprint density at radius 2 is 2.07 bits per heavy atom. The van der Waals surface area contributed by atoms with Gasteiger partial charge in [-0.1, -0.05) is 32.9 Å². The number of hydrogen-bond donors (Lipinski definition) is 1. The van der Waals surface area contributed by atoms with Gasteiger partial charge in [0.2, 0.25) is 0 Å². The Balaban J connectivity index is 2.56. The van der Waals surface area contributed by atoms with Crippen LogP contribution >= 0.6 is 0 Å². The van der Waals surface area contributed by atoms with E-state index in [0.29, 0.717) is 5.58 Å². The Bertz CT molecular complexity index is 528. The molecule has 1 N–H and O–H groups in total. The Hall–Kier alpha value is -1.51. The summed E-state index contributed by atoms with van der Waals surface area (Å²) in [6, 6.07) is 5.80. The van der Waals surface area contributed by atoms with Gasteiger partial charge in [-0.25, -0.2) is 4.79 Å². The van der Waals surface area contributed by atoms with Crippen LogP contribution in [-0.4, -0.2) is 4.98 Å². The summed E-state index contributed by atoms with van der Waals surface area (Å²) in [7, 11) is 0. The number of fused-ring (bicyclic) bond motifs is 1. The molecule has 0 aliphatic heterocycles. The summed E-state index contributed by atoms with van der Waals surface area (Å²) < 4.78 is 5.13. The van der Waals surface area contributed by atoms with Gasteiger partial charge in [0, 0.05) is 0 Å². The fourth-order valence-corrected chi connectivity index (χ4v) is 1.74. The molecule has 15 heavy (non-hydrogen) atoms. The molecule has 0 saturated heterocycles. The van der Waals surface area contributed by atoms with Crippen LogP contribution in [0.3, 0.4) is 0 Å². The third kappa shape index (κ3) is 2.12. The van der Waals surface area contributed by atoms with Crippen molar-refractivity contribution in [2.45, 2.75) is 27.2 Å². The summed E-state index contributed by atoms with van der Waals surface area (Å²) in [4.78, 5) is 13.7. The monoisotopic (exact) mass is 205 g/mol. The fourth-order valence-electron chi connectivity index (χ4n) is 1.74. The normalized spacial score (nSPS) is 12.2. The molecule has 1 aromatic carbocycles. The molecule has 3 heteroatoms. The van der Waals surface area contributed by atoms with E-state index in [1.165, 1.54) is 0 Å². The van der Waals surface area contributed by atoms with Crippen molar-refractivity contribution < 1.29 is 4.42 Å². The van der Waals surface area contributed by atoms with E-state index in [1.807, 2.05) is 18.2 Å². The van der Waals surface area contributed by atoms with Crippen LogP contribution in [0.2, 0.25) is 0 Å². The average molecular weight is 205 g/mol. The molecule has 3 nitrogen and oxygen atoms in total. The second kappa shape index (κ2) is 3.26. The van der Waals surface area contributed by atoms with Crippen molar-refractivity contribution in [3.8, 4) is 0 Å². The number of hydrogen-bond acceptors (Lipinski definition) is 2. The van der Waals surface area contributed by atoms with Crippen LogP contribution in [0.5, 0.6) is 0 Å². The van der Waals surface area contributed by atoms with Crippen LogP contribution in [0.4, 0.5) is 0 Å². The molecule has 0 bridgehead atoms. The SMILES string of the molecule is CC(C)(C)Cc1cccc2[nH]c(=O)oc12. The smallest absolute Gasteiger partial charge is 0.408 e. The molecule has 2 rings (SSSR count). The average Bonchev–Trinajstić information content (AvgIpc) is 2.43. The van der Waals surface area contributed by atoms with Gasteiger partial charge in [0.25, 0.3) is 0 Å². The van der Waals surface area contributed by atoms with E-state index in [2.05, 4.69) is 25.8 Å². The molecule has 80 valence electrons. The van der Waals surface area contributed by atoms with Gasteiger partial charge in [0.05, 0.1) is 5.52 Å². The van der Waals surface area contributed by atoms with Gasteiger partial charge in [0.1, 0.15) is 0 Å². The van der Waals surface area contributed by atoms with E-state index in [0.717, 1.165) is 17.5 Å². The zero-order valence-electron chi connectivity index (χ0n) is 9.26. The molecular weight excluding hydrogens is 190 g/mol. The first-order valence-corrected chi connectivity index (χ1v) is 5.06. The predicted molar refractivity (Wildman–Crippen MR) is 60.0 cm³/mol. The lowest BCUT2D eigenvalue weighted by molar-refractivity contribution is 0.409. The summed E-state index contributed by atoms with van der Waals surface area (Å²) in [5, 5.41) is 0. The van der Waals surface area contributed by atoms with Crippen LogP contribution in [0, 0.1) is 5.41 Å². The molecule has 0 radical (unpaired) electrons. The highest BCUT2D eigenvalue weighted by Gasteiger charge is 2.15. The van der Waals surface area contributed by atoms with Crippen molar-refractivity contribution in [2.24, 2.45) is 5.41 Å². The Morgan fingerprint density at radius 3 is 2.73 bits per heavy atom. The van der Waals surface area contributed by atoms with E-state index in [1.54, 1.807) is 0 Å². The summed E-state index contributed by atoms with van der Waals surface area (Å²) in [6.45, 7) is 6.49. The van der Waals surface area contributed by atoms with Gasteiger partial charge in [0.15, 0.2) is 5.58 Å². The molecule has 0 fully saturated rings. The summed E-state index contributed by atoms with van der Waals surface area (Å²) in [6.07, 6.45) is 0.894. The number of nitrogens with one attached hydrogen (secondary N) is 1. The minimum absolute atomic E-state index is 0.185. The molecule has 1 aromatic heterocycles. The van der Waals surface area contributed by atoms with E-state index in [-0.39, 0.29) is 11.2 Å². The fraction of sp³-hybridized carbons (Fsp3) is 0.417. The largest absolute Gasteiger partial charge is 0.417 e. The lowest BCUT2D eigenvalue weighted by atomic mass is 9.88. The number of H-pyrrole nitrogens is 1. The molecule has 2 aromatic rings. The van der Waals surface area contributed by atoms with Gasteiger partial charge in [-0.2, -0.15) is 0 Å². The Morgan fingerprint density at radius 1 is 1.33 bits per heavy atom. The number of rotatable bonds is 1. The molecule has 0 atom stereocenters. The topological polar surface area (TPSA) is 46.0 Å². The van der Waals surface area contributed by atoms with E-state index in [4.69, 9.17) is 4.42 Å². The quantitative estimate of drug-likeness (QED) is 0.778. The van der Waals surface area contributed by atoms with Crippen molar-refractivity contribution in [3.63, 3.8) is 0 Å². The Kier molecular flexibility index (Phi) is 2.18. The first kappa shape index (κ1) is 10.0. The van der Waals surface area contributed by atoms with E-state index in [9.17, 15) is 4.79 Å². The summed E-state index contributed by atoms with van der Waals surface area (Å²) in [5.74, 6) is -0.383. The number of oxazole rings is 1. The maximum absolute atomic E-state index is 11.1. The number of aromatic nitrogens is 1. The van der Waals surface area contributed by atoms with Crippen molar-refractivity contribution in [3.05, 3.63) is 34.3 Å². The maximum atomic E-state index is 11.1. The van der Waals surface area contributed by atoms with Gasteiger partial charge < -0.3 is 4.42 Å². The maximum Gasteiger partial charge on any atom is 0.417 e. The van der Waals surface area contributed by atoms with Crippen LogP contribution in [0.1, 0.15) is 26.3 Å². The molecule has 0 amide bonds. The first-order chi connectivity index (χ1) is 6.96. The lowest BCUT2D eigenvalue weighted by Gasteiger charge is -2.17. The van der Waals surface area contributed by atoms with Gasteiger partial charge in [-0.05, 0) is 23.5 Å². The highest BCUT2D eigenvalue weighted by Crippen LogP contribution is 2.25. The highest BCUT2D eigenvalue weighted by atomic mass is 16.4. The molecule has 0 aliphatic rings. The van der Waals surface area contributed by atoms with Crippen molar-refractivity contribution >= 4 is 11.1 Å². The summed E-state index contributed by atoms with van der Waals surface area (Å²) >= 11 is 0. The summed E-state index contributed by atoms with van der Waals surface area (Å²) in [5.41, 5.74) is 2.74. The van der Waals surface area contributed by atoms with Crippen LogP contribution in [0.15, 0.2) is 27.4 Å². The van der Waals surface area contributed by atoms with E-state index < -0.39 is 0 Å². The van der Waals surface area contributed by atoms with Crippen molar-refractivity contribution in [1.29, 1.82) is 0 Å². The Labute approximate surface area is 88.1 Å². The number of aromatic amines is 1. The van der Waals surface area contributed by atoms with Crippen molar-refractivity contribution in [2.75, 3.05) is 0 Å². The minimum atomic E-state index is -0.383. The first-order valence-electron chi connectivity index (χ1n) is 5.06. The van der Waals surface area contributed by atoms with Gasteiger partial charge in [-0.15, -0.1) is 0 Å². The second-order valence-electron chi connectivity index (χ2n) is 5.05. The molecule has 0 aliphatic carbocycles. The molecule has 0 unspecified atom stereocenters. The minimum Gasteiger partial charge on any atom is -0.408 e. The second-order valence-corrected chi connectivity index (χ2v) is 5.05. The third-order valence-electron chi connectivity index (χ3n) is 2.25. The standard InChI is InChI=1S/C12H15NO2/c1-12(2,3)7-8-5-4-6-9-10(8)15-11(14)13-9/h4-6H,7H2,1-3H3,(H,13,14). The number of benzene rings is 1. The molecule has 0 spiro atoms. The number of para-hydroxylation sites is 1. The van der Waals surface area contributed by atoms with Gasteiger partial charge in [-0.3, -0.25) is 4.98 Å². The van der Waals surface area contributed by atoms with Crippen LogP contribution in [0.25, 0.3) is 11.1 Å². The lowest BCUT2D eigenvalue weighted by Crippen LogP contribution is -2.09. The van der Waals surface area contributed by atoms with Crippen LogP contribution in [-0.2, 0) is 6.42 Å². The molecular formula is C12H15NO2. The van der Waals surface area contributed by atoms with E-state index >= 15 is 0 Å². The predicted octanol–water partition coefficient (Wildman–Crippen LogP) is 2.71. The van der Waals surface area contributed by atoms with Crippen molar-refractivity contribution in [1.82, 2.24) is 4.98 Å². The molecule has 1 heterocycles.